The van der Waals surface area contributed by atoms with Crippen LogP contribution in [-0.2, 0) is 0 Å². The summed E-state index contributed by atoms with van der Waals surface area (Å²) in [5.41, 5.74) is 1.95. The number of carboxylic acids is 1. The Morgan fingerprint density at radius 3 is 2.50 bits per heavy atom. The summed E-state index contributed by atoms with van der Waals surface area (Å²) in [6.45, 7) is 7.31. The van der Waals surface area contributed by atoms with Crippen LogP contribution in [0.3, 0.4) is 0 Å². The van der Waals surface area contributed by atoms with Gasteiger partial charge in [-0.15, -0.1) is 0 Å². The summed E-state index contributed by atoms with van der Waals surface area (Å²) < 4.78 is 0. The Bertz CT molecular complexity index is 666. The molecule has 4 nitrogen and oxygen atoms in total. The van der Waals surface area contributed by atoms with Gasteiger partial charge < -0.3 is 10.0 Å². The smallest absolute Gasteiger partial charge is 0.339 e. The molecular weight excluding hydrogens is 276 g/mol. The third-order valence-corrected chi connectivity index (χ3v) is 3.56. The molecule has 0 saturated carbocycles. The summed E-state index contributed by atoms with van der Waals surface area (Å²) in [5.74, 6) is -0.459. The molecule has 20 heavy (non-hydrogen) atoms. The number of aromatic nitrogens is 1. The predicted octanol–water partition coefficient (Wildman–Crippen LogP) is 3.74. The van der Waals surface area contributed by atoms with Crippen LogP contribution in [0.5, 0.6) is 0 Å². The number of nitrogens with zero attached hydrogens (tertiary/aromatic N) is 2. The molecule has 1 aromatic heterocycles. The number of anilines is 1. The van der Waals surface area contributed by atoms with Gasteiger partial charge in [0.15, 0.2) is 0 Å². The second-order valence-electron chi connectivity index (χ2n) is 4.63. The highest BCUT2D eigenvalue weighted by Gasteiger charge is 2.18. The van der Waals surface area contributed by atoms with Gasteiger partial charge in [-0.3, -0.25) is 0 Å². The molecule has 0 spiro atoms. The standard InChI is InChI=1S/C15H17ClN2O2/c1-4-18(5-2)14-12(15(19)20)8-10-7-11(16)6-9(3)13(10)17-14/h6-8H,4-5H2,1-3H3,(H,19,20). The third kappa shape index (κ3) is 2.56. The van der Waals surface area contributed by atoms with Crippen LogP contribution in [0.15, 0.2) is 18.2 Å². The quantitative estimate of drug-likeness (QED) is 0.932. The Hall–Kier alpha value is -1.81. The highest BCUT2D eigenvalue weighted by atomic mass is 35.5. The number of benzene rings is 1. The van der Waals surface area contributed by atoms with E-state index >= 15 is 0 Å². The van der Waals surface area contributed by atoms with Gasteiger partial charge in [0, 0.05) is 23.5 Å². The van der Waals surface area contributed by atoms with Gasteiger partial charge >= 0.3 is 5.97 Å². The van der Waals surface area contributed by atoms with E-state index in [2.05, 4.69) is 4.98 Å². The number of aromatic carboxylic acids is 1. The topological polar surface area (TPSA) is 53.4 Å². The molecule has 1 N–H and O–H groups in total. The summed E-state index contributed by atoms with van der Waals surface area (Å²) in [5, 5.41) is 10.7. The van der Waals surface area contributed by atoms with E-state index < -0.39 is 5.97 Å². The lowest BCUT2D eigenvalue weighted by molar-refractivity contribution is 0.0697. The molecular formula is C15H17ClN2O2. The lowest BCUT2D eigenvalue weighted by Crippen LogP contribution is -2.25. The molecule has 0 aliphatic carbocycles. The molecule has 2 aromatic rings. The van der Waals surface area contributed by atoms with Gasteiger partial charge in [0.2, 0.25) is 0 Å². The molecule has 0 atom stereocenters. The molecule has 0 aliphatic rings. The van der Waals surface area contributed by atoms with Crippen molar-refractivity contribution in [3.8, 4) is 0 Å². The van der Waals surface area contributed by atoms with Crippen LogP contribution in [0.2, 0.25) is 5.02 Å². The van der Waals surface area contributed by atoms with E-state index in [-0.39, 0.29) is 5.56 Å². The summed E-state index contributed by atoms with van der Waals surface area (Å²) in [7, 11) is 0. The molecule has 106 valence electrons. The highest BCUT2D eigenvalue weighted by Crippen LogP contribution is 2.28. The van der Waals surface area contributed by atoms with E-state index in [1.165, 1.54) is 0 Å². The number of hydrogen-bond acceptors (Lipinski definition) is 3. The summed E-state index contributed by atoms with van der Waals surface area (Å²) in [4.78, 5) is 18.0. The highest BCUT2D eigenvalue weighted by molar-refractivity contribution is 6.31. The van der Waals surface area contributed by atoms with Crippen LogP contribution in [0, 0.1) is 6.92 Å². The summed E-state index contributed by atoms with van der Waals surface area (Å²) in [6, 6.07) is 5.23. The average molecular weight is 293 g/mol. The van der Waals surface area contributed by atoms with Crippen LogP contribution < -0.4 is 4.90 Å². The van der Waals surface area contributed by atoms with Crippen LogP contribution in [0.4, 0.5) is 5.82 Å². The van der Waals surface area contributed by atoms with Crippen molar-refractivity contribution in [2.24, 2.45) is 0 Å². The number of rotatable bonds is 4. The van der Waals surface area contributed by atoms with E-state index in [0.29, 0.717) is 23.9 Å². The molecule has 2 rings (SSSR count). The first-order valence-corrected chi connectivity index (χ1v) is 6.94. The minimum atomic E-state index is -0.973. The number of pyridine rings is 1. The Kier molecular flexibility index (Phi) is 4.14. The van der Waals surface area contributed by atoms with Crippen molar-refractivity contribution in [2.75, 3.05) is 18.0 Å². The number of halogens is 1. The maximum absolute atomic E-state index is 11.5. The maximum atomic E-state index is 11.5. The second kappa shape index (κ2) is 5.67. The van der Waals surface area contributed by atoms with Gasteiger partial charge in [0.05, 0.1) is 5.52 Å². The summed E-state index contributed by atoms with van der Waals surface area (Å²) in [6.07, 6.45) is 0. The number of carbonyl (C=O) groups is 1. The van der Waals surface area contributed by atoms with Gasteiger partial charge in [0.25, 0.3) is 0 Å². The first-order chi connectivity index (χ1) is 9.47. The molecule has 0 saturated heterocycles. The monoisotopic (exact) mass is 292 g/mol. The minimum absolute atomic E-state index is 0.211. The van der Waals surface area contributed by atoms with E-state index in [1.807, 2.05) is 31.7 Å². The van der Waals surface area contributed by atoms with Crippen molar-refractivity contribution in [2.45, 2.75) is 20.8 Å². The average Bonchev–Trinajstić information content (AvgIpc) is 2.39. The Balaban J connectivity index is 2.78. The first-order valence-electron chi connectivity index (χ1n) is 6.57. The lowest BCUT2D eigenvalue weighted by Gasteiger charge is -2.22. The lowest BCUT2D eigenvalue weighted by atomic mass is 10.1. The summed E-state index contributed by atoms with van der Waals surface area (Å²) >= 11 is 6.03. The van der Waals surface area contributed by atoms with E-state index in [0.717, 1.165) is 16.5 Å². The fourth-order valence-corrected chi connectivity index (χ4v) is 2.61. The van der Waals surface area contributed by atoms with Gasteiger partial charge in [-0.25, -0.2) is 9.78 Å². The normalized spacial score (nSPS) is 10.8. The molecule has 0 radical (unpaired) electrons. The van der Waals surface area contributed by atoms with Crippen molar-refractivity contribution >= 4 is 34.3 Å². The van der Waals surface area contributed by atoms with Gasteiger partial charge in [-0.2, -0.15) is 0 Å². The van der Waals surface area contributed by atoms with E-state index in [1.54, 1.807) is 12.1 Å². The molecule has 1 heterocycles. The number of aryl methyl sites for hydroxylation is 1. The van der Waals surface area contributed by atoms with Crippen molar-refractivity contribution in [1.82, 2.24) is 4.98 Å². The Morgan fingerprint density at radius 1 is 1.30 bits per heavy atom. The largest absolute Gasteiger partial charge is 0.478 e. The van der Waals surface area contributed by atoms with Crippen LogP contribution in [-0.4, -0.2) is 29.1 Å². The fraction of sp³-hybridized carbons (Fsp3) is 0.333. The molecule has 0 aliphatic heterocycles. The minimum Gasteiger partial charge on any atom is -0.478 e. The third-order valence-electron chi connectivity index (χ3n) is 3.35. The van der Waals surface area contributed by atoms with E-state index in [9.17, 15) is 9.90 Å². The molecule has 0 bridgehead atoms. The second-order valence-corrected chi connectivity index (χ2v) is 5.07. The van der Waals surface area contributed by atoms with Gasteiger partial charge in [-0.1, -0.05) is 11.6 Å². The zero-order valence-electron chi connectivity index (χ0n) is 11.8. The number of hydrogen-bond donors (Lipinski definition) is 1. The molecule has 1 aromatic carbocycles. The van der Waals surface area contributed by atoms with Crippen molar-refractivity contribution < 1.29 is 9.90 Å². The Labute approximate surface area is 123 Å². The van der Waals surface area contributed by atoms with Crippen molar-refractivity contribution in [1.29, 1.82) is 0 Å². The molecule has 0 amide bonds. The van der Waals surface area contributed by atoms with Crippen molar-refractivity contribution in [3.63, 3.8) is 0 Å². The van der Waals surface area contributed by atoms with Crippen molar-refractivity contribution in [3.05, 3.63) is 34.3 Å². The van der Waals surface area contributed by atoms with E-state index in [4.69, 9.17) is 11.6 Å². The van der Waals surface area contributed by atoms with Gasteiger partial charge in [-0.05, 0) is 44.5 Å². The zero-order chi connectivity index (χ0) is 14.9. The zero-order valence-corrected chi connectivity index (χ0v) is 12.5. The number of carboxylic acid groups (broad SMARTS) is 1. The molecule has 0 unspecified atom stereocenters. The molecule has 5 heteroatoms. The number of fused-ring (bicyclic) bond motifs is 1. The Morgan fingerprint density at radius 2 is 1.95 bits per heavy atom. The maximum Gasteiger partial charge on any atom is 0.339 e. The van der Waals surface area contributed by atoms with Crippen LogP contribution in [0.1, 0.15) is 29.8 Å². The van der Waals surface area contributed by atoms with Gasteiger partial charge in [0.1, 0.15) is 11.4 Å². The SMILES string of the molecule is CCN(CC)c1nc2c(C)cc(Cl)cc2cc1C(=O)O. The van der Waals surface area contributed by atoms with Crippen LogP contribution in [0.25, 0.3) is 10.9 Å². The predicted molar refractivity (Wildman–Crippen MR) is 82.0 cm³/mol. The fourth-order valence-electron chi connectivity index (χ4n) is 2.33. The molecule has 0 fully saturated rings. The first kappa shape index (κ1) is 14.6. The van der Waals surface area contributed by atoms with Crippen LogP contribution >= 0.6 is 11.6 Å².